The molecule has 0 amide bonds. The summed E-state index contributed by atoms with van der Waals surface area (Å²) in [5.74, 6) is 2.94. The van der Waals surface area contributed by atoms with Crippen molar-refractivity contribution in [2.45, 2.75) is 31.7 Å². The maximum atomic E-state index is 5.65. The highest BCUT2D eigenvalue weighted by Gasteiger charge is 2.17. The van der Waals surface area contributed by atoms with Crippen molar-refractivity contribution in [2.75, 3.05) is 18.1 Å². The molecule has 0 aliphatic carbocycles. The lowest BCUT2D eigenvalue weighted by atomic mass is 10.1. The number of hydrogen-bond acceptors (Lipinski definition) is 3. The minimum atomic E-state index is 0.426. The molecule has 3 nitrogen and oxygen atoms in total. The van der Waals surface area contributed by atoms with Gasteiger partial charge in [-0.25, -0.2) is 0 Å². The first kappa shape index (κ1) is 11.0. The first-order valence-electron chi connectivity index (χ1n) is 5.63. The lowest BCUT2D eigenvalue weighted by Gasteiger charge is -2.21. The molecule has 4 heteroatoms. The molecule has 1 aromatic rings. The van der Waals surface area contributed by atoms with Crippen LogP contribution < -0.4 is 5.73 Å². The first-order chi connectivity index (χ1) is 7.31. The third kappa shape index (κ3) is 2.55. The molecular weight excluding hydrogens is 206 g/mol. The Morgan fingerprint density at radius 2 is 2.60 bits per heavy atom. The predicted molar refractivity (Wildman–Crippen MR) is 65.3 cm³/mol. The molecule has 1 aliphatic rings. The SMILES string of the molecule is CC(CN)c1cnn(C2CCCSC2)c1. The fourth-order valence-corrected chi connectivity index (χ4v) is 3.00. The van der Waals surface area contributed by atoms with Crippen molar-refractivity contribution >= 4 is 11.8 Å². The molecule has 2 atom stereocenters. The molecule has 0 radical (unpaired) electrons. The lowest BCUT2D eigenvalue weighted by Crippen LogP contribution is -2.16. The van der Waals surface area contributed by atoms with Crippen molar-refractivity contribution < 1.29 is 0 Å². The highest BCUT2D eigenvalue weighted by molar-refractivity contribution is 7.99. The second kappa shape index (κ2) is 5.03. The zero-order valence-corrected chi connectivity index (χ0v) is 10.0. The summed E-state index contributed by atoms with van der Waals surface area (Å²) in [6.07, 6.45) is 6.73. The lowest BCUT2D eigenvalue weighted by molar-refractivity contribution is 0.454. The van der Waals surface area contributed by atoms with Crippen molar-refractivity contribution in [1.29, 1.82) is 0 Å². The van der Waals surface area contributed by atoms with E-state index in [0.717, 1.165) is 0 Å². The van der Waals surface area contributed by atoms with E-state index in [0.29, 0.717) is 18.5 Å². The number of aromatic nitrogens is 2. The van der Waals surface area contributed by atoms with Crippen LogP contribution in [0.4, 0.5) is 0 Å². The molecule has 1 aromatic heterocycles. The summed E-state index contributed by atoms with van der Waals surface area (Å²) in [4.78, 5) is 0. The van der Waals surface area contributed by atoms with Crippen molar-refractivity contribution in [2.24, 2.45) is 5.73 Å². The predicted octanol–water partition coefficient (Wildman–Crippen LogP) is 2.01. The smallest absolute Gasteiger partial charge is 0.0609 e. The van der Waals surface area contributed by atoms with Crippen molar-refractivity contribution in [3.8, 4) is 0 Å². The van der Waals surface area contributed by atoms with E-state index in [1.54, 1.807) is 0 Å². The Kier molecular flexibility index (Phi) is 3.70. The Balaban J connectivity index is 2.05. The second-order valence-corrected chi connectivity index (χ2v) is 5.41. The molecular formula is C11H19N3S. The van der Waals surface area contributed by atoms with Crippen LogP contribution in [-0.4, -0.2) is 27.8 Å². The minimum Gasteiger partial charge on any atom is -0.330 e. The Labute approximate surface area is 95.4 Å². The van der Waals surface area contributed by atoms with Gasteiger partial charge in [-0.2, -0.15) is 16.9 Å². The van der Waals surface area contributed by atoms with Crippen LogP contribution in [0.15, 0.2) is 12.4 Å². The van der Waals surface area contributed by atoms with Gasteiger partial charge in [0.2, 0.25) is 0 Å². The van der Waals surface area contributed by atoms with E-state index in [2.05, 4.69) is 22.9 Å². The summed E-state index contributed by atoms with van der Waals surface area (Å²) in [5, 5.41) is 4.46. The molecule has 1 fully saturated rings. The van der Waals surface area contributed by atoms with Crippen LogP contribution in [0.1, 0.15) is 37.3 Å². The summed E-state index contributed by atoms with van der Waals surface area (Å²) in [7, 11) is 0. The standard InChI is InChI=1S/C11H19N3S/c1-9(5-12)10-6-13-14(7-10)11-3-2-4-15-8-11/h6-7,9,11H,2-5,8,12H2,1H3. The number of rotatable bonds is 3. The van der Waals surface area contributed by atoms with Gasteiger partial charge >= 0.3 is 0 Å². The van der Waals surface area contributed by atoms with Gasteiger partial charge in [-0.1, -0.05) is 6.92 Å². The molecule has 1 saturated heterocycles. The molecule has 0 aromatic carbocycles. The summed E-state index contributed by atoms with van der Waals surface area (Å²) in [5.41, 5.74) is 6.92. The van der Waals surface area contributed by atoms with E-state index in [1.807, 2.05) is 18.0 Å². The van der Waals surface area contributed by atoms with Gasteiger partial charge in [0.25, 0.3) is 0 Å². The largest absolute Gasteiger partial charge is 0.330 e. The Morgan fingerprint density at radius 3 is 3.27 bits per heavy atom. The highest BCUT2D eigenvalue weighted by Crippen LogP contribution is 2.27. The number of nitrogens with two attached hydrogens (primary N) is 1. The van der Waals surface area contributed by atoms with Gasteiger partial charge in [-0.05, 0) is 36.6 Å². The zero-order chi connectivity index (χ0) is 10.7. The van der Waals surface area contributed by atoms with Crippen LogP contribution in [0.3, 0.4) is 0 Å². The molecule has 2 unspecified atom stereocenters. The monoisotopic (exact) mass is 225 g/mol. The van der Waals surface area contributed by atoms with Crippen LogP contribution in [0.2, 0.25) is 0 Å². The van der Waals surface area contributed by atoms with Gasteiger partial charge in [0.1, 0.15) is 0 Å². The summed E-state index contributed by atoms with van der Waals surface area (Å²) in [6.45, 7) is 2.85. The van der Waals surface area contributed by atoms with Crippen LogP contribution in [0.25, 0.3) is 0 Å². The van der Waals surface area contributed by atoms with Crippen molar-refractivity contribution in [3.63, 3.8) is 0 Å². The first-order valence-corrected chi connectivity index (χ1v) is 6.78. The number of hydrogen-bond donors (Lipinski definition) is 1. The molecule has 0 saturated carbocycles. The van der Waals surface area contributed by atoms with E-state index in [9.17, 15) is 0 Å². The third-order valence-electron chi connectivity index (χ3n) is 3.05. The van der Waals surface area contributed by atoms with Crippen molar-refractivity contribution in [1.82, 2.24) is 9.78 Å². The Bertz CT molecular complexity index is 305. The van der Waals surface area contributed by atoms with Gasteiger partial charge in [-0.15, -0.1) is 0 Å². The fourth-order valence-electron chi connectivity index (χ4n) is 1.88. The van der Waals surface area contributed by atoms with E-state index in [1.165, 1.54) is 29.9 Å². The van der Waals surface area contributed by atoms with Crippen LogP contribution in [-0.2, 0) is 0 Å². The number of nitrogens with zero attached hydrogens (tertiary/aromatic N) is 2. The van der Waals surface area contributed by atoms with Crippen LogP contribution in [0, 0.1) is 0 Å². The molecule has 2 N–H and O–H groups in total. The summed E-state index contributed by atoms with van der Waals surface area (Å²) < 4.78 is 2.13. The van der Waals surface area contributed by atoms with E-state index in [4.69, 9.17) is 5.73 Å². The average molecular weight is 225 g/mol. The van der Waals surface area contributed by atoms with Crippen LogP contribution >= 0.6 is 11.8 Å². The minimum absolute atomic E-state index is 0.426. The average Bonchev–Trinajstić information content (AvgIpc) is 2.78. The summed E-state index contributed by atoms with van der Waals surface area (Å²) in [6, 6.07) is 0.600. The van der Waals surface area contributed by atoms with E-state index >= 15 is 0 Å². The quantitative estimate of drug-likeness (QED) is 0.856. The Morgan fingerprint density at radius 1 is 1.73 bits per heavy atom. The third-order valence-corrected chi connectivity index (χ3v) is 4.25. The molecule has 0 spiro atoms. The van der Waals surface area contributed by atoms with Gasteiger partial charge < -0.3 is 5.73 Å². The van der Waals surface area contributed by atoms with Crippen LogP contribution in [0.5, 0.6) is 0 Å². The highest BCUT2D eigenvalue weighted by atomic mass is 32.2. The number of thioether (sulfide) groups is 1. The topological polar surface area (TPSA) is 43.8 Å². The molecule has 2 heterocycles. The van der Waals surface area contributed by atoms with Gasteiger partial charge in [0.05, 0.1) is 12.2 Å². The molecule has 15 heavy (non-hydrogen) atoms. The molecule has 1 aliphatic heterocycles. The van der Waals surface area contributed by atoms with Gasteiger partial charge in [0.15, 0.2) is 0 Å². The molecule has 2 rings (SSSR count). The van der Waals surface area contributed by atoms with Gasteiger partial charge in [0, 0.05) is 11.9 Å². The molecule has 0 bridgehead atoms. The second-order valence-electron chi connectivity index (χ2n) is 4.26. The maximum absolute atomic E-state index is 5.65. The van der Waals surface area contributed by atoms with Crippen molar-refractivity contribution in [3.05, 3.63) is 18.0 Å². The maximum Gasteiger partial charge on any atom is 0.0609 e. The zero-order valence-electron chi connectivity index (χ0n) is 9.22. The summed E-state index contributed by atoms with van der Waals surface area (Å²) >= 11 is 2.04. The van der Waals surface area contributed by atoms with E-state index < -0.39 is 0 Å². The normalized spacial score (nSPS) is 24.0. The molecule has 84 valence electrons. The fraction of sp³-hybridized carbons (Fsp3) is 0.727. The van der Waals surface area contributed by atoms with Gasteiger partial charge in [-0.3, -0.25) is 4.68 Å². The Hall–Kier alpha value is -0.480. The van der Waals surface area contributed by atoms with E-state index in [-0.39, 0.29) is 0 Å².